The van der Waals surface area contributed by atoms with Gasteiger partial charge in [0.2, 0.25) is 0 Å². The Morgan fingerprint density at radius 3 is 2.40 bits per heavy atom. The maximum absolute atomic E-state index is 13.2. The van der Waals surface area contributed by atoms with Gasteiger partial charge in [0.15, 0.2) is 0 Å². The topological polar surface area (TPSA) is 12.0 Å². The van der Waals surface area contributed by atoms with Crippen molar-refractivity contribution in [2.45, 2.75) is 25.8 Å². The van der Waals surface area contributed by atoms with E-state index in [1.165, 1.54) is 11.6 Å². The minimum Gasteiger partial charge on any atom is -0.310 e. The highest BCUT2D eigenvalue weighted by Crippen LogP contribution is 2.22. The molecule has 0 spiro atoms. The van der Waals surface area contributed by atoms with E-state index < -0.39 is 0 Å². The van der Waals surface area contributed by atoms with Gasteiger partial charge in [0.25, 0.3) is 0 Å². The van der Waals surface area contributed by atoms with Gasteiger partial charge >= 0.3 is 0 Å². The first kappa shape index (κ1) is 15.2. The molecule has 0 fully saturated rings. The van der Waals surface area contributed by atoms with Crippen molar-refractivity contribution in [1.82, 2.24) is 5.32 Å². The summed E-state index contributed by atoms with van der Waals surface area (Å²) < 4.78 is 13.7. The van der Waals surface area contributed by atoms with E-state index in [1.807, 2.05) is 18.2 Å². The monoisotopic (exact) mass is 335 g/mol. The van der Waals surface area contributed by atoms with E-state index in [9.17, 15) is 4.39 Å². The van der Waals surface area contributed by atoms with Gasteiger partial charge in [-0.1, -0.05) is 43.3 Å². The largest absolute Gasteiger partial charge is 0.310 e. The lowest BCUT2D eigenvalue weighted by molar-refractivity contribution is 0.535. The normalized spacial score (nSPS) is 14.0. The van der Waals surface area contributed by atoms with E-state index in [0.29, 0.717) is 10.4 Å². The minimum atomic E-state index is -0.224. The van der Waals surface area contributed by atoms with Crippen LogP contribution in [0.4, 0.5) is 4.39 Å². The van der Waals surface area contributed by atoms with Crippen LogP contribution >= 0.6 is 15.9 Å². The third-order valence-electron chi connectivity index (χ3n) is 3.54. The fraction of sp³-hybridized carbons (Fsp3) is 0.294. The molecule has 106 valence electrons. The van der Waals surface area contributed by atoms with Crippen LogP contribution in [0.15, 0.2) is 53.0 Å². The van der Waals surface area contributed by atoms with E-state index in [2.05, 4.69) is 59.4 Å². The van der Waals surface area contributed by atoms with E-state index >= 15 is 0 Å². The highest BCUT2D eigenvalue weighted by atomic mass is 79.9. The number of hydrogen-bond donors (Lipinski definition) is 1. The van der Waals surface area contributed by atoms with Crippen molar-refractivity contribution in [1.29, 1.82) is 0 Å². The van der Waals surface area contributed by atoms with Crippen LogP contribution in [0.5, 0.6) is 0 Å². The Morgan fingerprint density at radius 1 is 1.05 bits per heavy atom. The van der Waals surface area contributed by atoms with Crippen LogP contribution in [0.25, 0.3) is 0 Å². The summed E-state index contributed by atoms with van der Waals surface area (Å²) in [6, 6.07) is 15.8. The van der Waals surface area contributed by atoms with Crippen LogP contribution < -0.4 is 5.32 Å². The SMILES string of the molecule is CC(CNC(C)c1ccc(F)c(Br)c1)c1ccccc1. The Morgan fingerprint density at radius 2 is 1.75 bits per heavy atom. The second-order valence-electron chi connectivity index (χ2n) is 5.12. The summed E-state index contributed by atoms with van der Waals surface area (Å²) in [5.74, 6) is 0.223. The van der Waals surface area contributed by atoms with Gasteiger partial charge in [-0.3, -0.25) is 0 Å². The van der Waals surface area contributed by atoms with Crippen LogP contribution in [0, 0.1) is 5.82 Å². The molecule has 20 heavy (non-hydrogen) atoms. The predicted molar refractivity (Wildman–Crippen MR) is 85.4 cm³/mol. The lowest BCUT2D eigenvalue weighted by atomic mass is 10.0. The maximum atomic E-state index is 13.2. The molecule has 0 aliphatic carbocycles. The van der Waals surface area contributed by atoms with E-state index in [1.54, 1.807) is 0 Å². The van der Waals surface area contributed by atoms with Gasteiger partial charge in [0, 0.05) is 12.6 Å². The van der Waals surface area contributed by atoms with Gasteiger partial charge in [-0.15, -0.1) is 0 Å². The average Bonchev–Trinajstić information content (AvgIpc) is 2.48. The summed E-state index contributed by atoms with van der Waals surface area (Å²) in [5, 5.41) is 3.50. The standard InChI is InChI=1S/C17H19BrFN/c1-12(14-6-4-3-5-7-14)11-20-13(2)15-8-9-17(19)16(18)10-15/h3-10,12-13,20H,11H2,1-2H3. The molecular formula is C17H19BrFN. The summed E-state index contributed by atoms with van der Waals surface area (Å²) >= 11 is 3.23. The van der Waals surface area contributed by atoms with Crippen LogP contribution in [-0.2, 0) is 0 Å². The molecule has 2 rings (SSSR count). The number of hydrogen-bond acceptors (Lipinski definition) is 1. The zero-order chi connectivity index (χ0) is 14.5. The molecule has 2 aromatic carbocycles. The number of rotatable bonds is 5. The Balaban J connectivity index is 1.95. The van der Waals surface area contributed by atoms with Gasteiger partial charge < -0.3 is 5.32 Å². The zero-order valence-electron chi connectivity index (χ0n) is 11.7. The number of nitrogens with one attached hydrogen (secondary N) is 1. The lowest BCUT2D eigenvalue weighted by Crippen LogP contribution is -2.23. The van der Waals surface area contributed by atoms with Crippen molar-refractivity contribution in [2.75, 3.05) is 6.54 Å². The average molecular weight is 336 g/mol. The lowest BCUT2D eigenvalue weighted by Gasteiger charge is -2.18. The molecular weight excluding hydrogens is 317 g/mol. The highest BCUT2D eigenvalue weighted by Gasteiger charge is 2.10. The van der Waals surface area contributed by atoms with Crippen molar-refractivity contribution >= 4 is 15.9 Å². The first-order chi connectivity index (χ1) is 9.58. The molecule has 0 aromatic heterocycles. The fourth-order valence-electron chi connectivity index (χ4n) is 2.15. The zero-order valence-corrected chi connectivity index (χ0v) is 13.3. The summed E-state index contributed by atoms with van der Waals surface area (Å²) in [7, 11) is 0. The Hall–Kier alpha value is -1.19. The highest BCUT2D eigenvalue weighted by molar-refractivity contribution is 9.10. The van der Waals surface area contributed by atoms with Gasteiger partial charge in [0.1, 0.15) is 5.82 Å². The van der Waals surface area contributed by atoms with Gasteiger partial charge in [-0.2, -0.15) is 0 Å². The predicted octanol–water partition coefficient (Wildman–Crippen LogP) is 5.04. The van der Waals surface area contributed by atoms with Crippen molar-refractivity contribution in [3.63, 3.8) is 0 Å². The molecule has 0 bridgehead atoms. The van der Waals surface area contributed by atoms with Crippen LogP contribution in [0.2, 0.25) is 0 Å². The van der Waals surface area contributed by atoms with Gasteiger partial charge in [-0.25, -0.2) is 4.39 Å². The summed E-state index contributed by atoms with van der Waals surface area (Å²) in [6.45, 7) is 5.19. The molecule has 1 nitrogen and oxygen atoms in total. The number of benzene rings is 2. The molecule has 0 aliphatic heterocycles. The van der Waals surface area contributed by atoms with Gasteiger partial charge in [0.05, 0.1) is 4.47 Å². The Labute approximate surface area is 128 Å². The third kappa shape index (κ3) is 3.90. The summed E-state index contributed by atoms with van der Waals surface area (Å²) in [4.78, 5) is 0. The van der Waals surface area contributed by atoms with Gasteiger partial charge in [-0.05, 0) is 52.0 Å². The van der Waals surface area contributed by atoms with Crippen molar-refractivity contribution in [3.05, 3.63) is 69.9 Å². The Kier molecular flexibility index (Phi) is 5.32. The molecule has 3 heteroatoms. The molecule has 0 aliphatic rings. The molecule has 0 saturated carbocycles. The van der Waals surface area contributed by atoms with E-state index in [4.69, 9.17) is 0 Å². The summed E-state index contributed by atoms with van der Waals surface area (Å²) in [6.07, 6.45) is 0. The van der Waals surface area contributed by atoms with E-state index in [0.717, 1.165) is 12.1 Å². The molecule has 0 heterocycles. The maximum Gasteiger partial charge on any atom is 0.137 e. The summed E-state index contributed by atoms with van der Waals surface area (Å²) in [5.41, 5.74) is 2.41. The molecule has 0 saturated heterocycles. The number of halogens is 2. The third-order valence-corrected chi connectivity index (χ3v) is 4.15. The molecule has 0 amide bonds. The first-order valence-electron chi connectivity index (χ1n) is 6.81. The van der Waals surface area contributed by atoms with Crippen LogP contribution in [0.3, 0.4) is 0 Å². The van der Waals surface area contributed by atoms with Crippen molar-refractivity contribution in [2.24, 2.45) is 0 Å². The molecule has 2 aromatic rings. The smallest absolute Gasteiger partial charge is 0.137 e. The molecule has 2 unspecified atom stereocenters. The van der Waals surface area contributed by atoms with E-state index in [-0.39, 0.29) is 11.9 Å². The first-order valence-corrected chi connectivity index (χ1v) is 7.60. The minimum absolute atomic E-state index is 0.193. The Bertz CT molecular complexity index is 556. The molecule has 1 N–H and O–H groups in total. The molecule has 0 radical (unpaired) electrons. The quantitative estimate of drug-likeness (QED) is 0.806. The van der Waals surface area contributed by atoms with Crippen LogP contribution in [0.1, 0.15) is 36.9 Å². The molecule has 2 atom stereocenters. The second kappa shape index (κ2) is 7.00. The fourth-order valence-corrected chi connectivity index (χ4v) is 2.55. The second-order valence-corrected chi connectivity index (χ2v) is 5.97. The van der Waals surface area contributed by atoms with Crippen LogP contribution in [-0.4, -0.2) is 6.54 Å². The van der Waals surface area contributed by atoms with Crippen molar-refractivity contribution in [3.8, 4) is 0 Å². The van der Waals surface area contributed by atoms with Crippen molar-refractivity contribution < 1.29 is 4.39 Å².